The molecule has 0 spiro atoms. The minimum atomic E-state index is -5.38. The number of aromatic nitrogens is 2. The second-order valence-electron chi connectivity index (χ2n) is 7.98. The van der Waals surface area contributed by atoms with Crippen molar-refractivity contribution in [2.24, 2.45) is 0 Å². The van der Waals surface area contributed by atoms with Crippen molar-refractivity contribution in [3.63, 3.8) is 0 Å². The summed E-state index contributed by atoms with van der Waals surface area (Å²) in [4.78, 5) is 44.4. The van der Waals surface area contributed by atoms with Crippen LogP contribution in [0.5, 0.6) is 0 Å². The number of ether oxygens (including phenoxy) is 2. The Labute approximate surface area is 200 Å². The number of hydrogen-bond acceptors (Lipinski definition) is 13. The number of aliphatic hydroxyl groups excluding tert-OH is 4. The van der Waals surface area contributed by atoms with E-state index in [2.05, 4.69) is 13.4 Å². The van der Waals surface area contributed by atoms with Gasteiger partial charge in [0.1, 0.15) is 36.6 Å². The third-order valence-electron chi connectivity index (χ3n) is 5.37. The maximum absolute atomic E-state index is 13.6. The van der Waals surface area contributed by atoms with Crippen LogP contribution < -0.4 is 11.2 Å². The highest BCUT2D eigenvalue weighted by Crippen LogP contribution is 2.60. The van der Waals surface area contributed by atoms with Gasteiger partial charge in [-0.05, 0) is 6.92 Å². The van der Waals surface area contributed by atoms with E-state index in [-0.39, 0.29) is 0 Å². The Hall–Kier alpha value is -1.37. The molecule has 3 unspecified atom stereocenters. The highest BCUT2D eigenvalue weighted by Gasteiger charge is 2.47. The molecule has 3 heterocycles. The van der Waals surface area contributed by atoms with Crippen LogP contribution in [-0.2, 0) is 32.0 Å². The van der Waals surface area contributed by atoms with E-state index in [1.807, 2.05) is 4.98 Å². The molecular weight excluding hydrogens is 541 g/mol. The van der Waals surface area contributed by atoms with Crippen molar-refractivity contribution in [3.05, 3.63) is 33.1 Å². The number of nitrogens with one attached hydrogen (secondary N) is 1. The molecule has 206 valence electrons. The van der Waals surface area contributed by atoms with E-state index >= 15 is 0 Å². The fraction of sp³-hybridized carbons (Fsp3) is 0.750. The van der Waals surface area contributed by atoms with Crippen LogP contribution >= 0.6 is 15.6 Å². The highest BCUT2D eigenvalue weighted by molar-refractivity contribution is 7.61. The molecule has 0 aromatic carbocycles. The van der Waals surface area contributed by atoms with Crippen molar-refractivity contribution in [3.8, 4) is 0 Å². The normalized spacial score (nSPS) is 38.4. The summed E-state index contributed by atoms with van der Waals surface area (Å²) in [6.45, 7) is -0.700. The molecule has 1 aromatic rings. The number of aliphatic hydroxyl groups is 4. The number of alkyl halides is 1. The van der Waals surface area contributed by atoms with Gasteiger partial charge in [0.2, 0.25) is 0 Å². The lowest BCUT2D eigenvalue weighted by atomic mass is 9.97. The van der Waals surface area contributed by atoms with Crippen molar-refractivity contribution in [1.82, 2.24) is 9.55 Å². The van der Waals surface area contributed by atoms with Crippen LogP contribution in [0.4, 0.5) is 4.39 Å². The largest absolute Gasteiger partial charge is 0.481 e. The number of hydrogen-bond donors (Lipinski definition) is 7. The van der Waals surface area contributed by atoms with Crippen LogP contribution in [0.3, 0.4) is 0 Å². The summed E-state index contributed by atoms with van der Waals surface area (Å²) in [6.07, 6.45) is -13.9. The molecule has 0 bridgehead atoms. The Kier molecular flexibility index (Phi) is 9.05. The summed E-state index contributed by atoms with van der Waals surface area (Å²) in [5.41, 5.74) is -1.72. The number of H-pyrrole nitrogens is 1. The van der Waals surface area contributed by atoms with Gasteiger partial charge in [0.25, 0.3) is 5.56 Å². The molecule has 36 heavy (non-hydrogen) atoms. The third kappa shape index (κ3) is 6.73. The Morgan fingerprint density at radius 1 is 0.972 bits per heavy atom. The average molecular weight is 566 g/mol. The maximum Gasteiger partial charge on any atom is 0.481 e. The van der Waals surface area contributed by atoms with Gasteiger partial charge in [-0.1, -0.05) is 0 Å². The summed E-state index contributed by atoms with van der Waals surface area (Å²) < 4.78 is 62.0. The predicted octanol–water partition coefficient (Wildman–Crippen LogP) is -2.75. The van der Waals surface area contributed by atoms with Gasteiger partial charge < -0.3 is 39.7 Å². The number of phosphoric ester groups is 2. The zero-order valence-corrected chi connectivity index (χ0v) is 20.1. The zero-order chi connectivity index (χ0) is 27.0. The standard InChI is InChI=1S/C16H25FN2O15P2/c1-6-10(17)13(23)11(21)7(32-6)4-30-35(26,27)34-36(28,29)31-5-8-12(22)14(24)15(33-8)19-3-2-9(20)18-16(19)25/h2-3,6-8,10-15,21-24H,4-5H2,1H3,(H,26,27)(H,28,29)(H,18,20,25)/t6-,7-,8?,10-,11+,12-,13-,14-,15-/m1/s1. The maximum atomic E-state index is 13.6. The van der Waals surface area contributed by atoms with Gasteiger partial charge in [-0.3, -0.25) is 23.4 Å². The summed E-state index contributed by atoms with van der Waals surface area (Å²) in [5, 5.41) is 39.7. The fourth-order valence-corrected chi connectivity index (χ4v) is 5.58. The molecule has 20 heteroatoms. The van der Waals surface area contributed by atoms with Crippen molar-refractivity contribution in [1.29, 1.82) is 0 Å². The van der Waals surface area contributed by atoms with Gasteiger partial charge >= 0.3 is 21.3 Å². The summed E-state index contributed by atoms with van der Waals surface area (Å²) in [6, 6.07) is 0.941. The summed E-state index contributed by atoms with van der Waals surface area (Å²) in [5.74, 6) is 0. The average Bonchev–Trinajstić information content (AvgIpc) is 3.05. The topological polar surface area (TPSA) is 257 Å². The molecule has 11 atom stereocenters. The number of halogens is 1. The minimum absolute atomic E-state index is 0.736. The molecule has 0 saturated carbocycles. The Morgan fingerprint density at radius 2 is 1.50 bits per heavy atom. The van der Waals surface area contributed by atoms with Crippen LogP contribution in [0, 0.1) is 0 Å². The molecule has 2 fully saturated rings. The molecule has 1 aromatic heterocycles. The SMILES string of the molecule is C[C@H]1O[C@H](COP(=O)(O)OP(=O)(O)OCC2O[C@@H](n3ccc(=O)[nH]c3=O)[C@H](O)[C@@H]2O)[C@H](O)[C@H](O)[C@@H]1F. The molecule has 0 amide bonds. The molecule has 2 aliphatic rings. The lowest BCUT2D eigenvalue weighted by molar-refractivity contribution is -0.206. The molecule has 17 nitrogen and oxygen atoms in total. The van der Waals surface area contributed by atoms with Crippen LogP contribution in [0.15, 0.2) is 21.9 Å². The number of nitrogens with zero attached hydrogens (tertiary/aromatic N) is 1. The molecule has 0 radical (unpaired) electrons. The number of aromatic amines is 1. The number of rotatable bonds is 9. The molecule has 7 N–H and O–H groups in total. The second kappa shape index (κ2) is 11.2. The van der Waals surface area contributed by atoms with Crippen molar-refractivity contribution in [2.75, 3.05) is 13.2 Å². The van der Waals surface area contributed by atoms with E-state index < -0.39 is 95.2 Å². The monoisotopic (exact) mass is 566 g/mol. The molecule has 2 aliphatic heterocycles. The van der Waals surface area contributed by atoms with Crippen LogP contribution in [-0.4, -0.2) is 102 Å². The summed E-state index contributed by atoms with van der Waals surface area (Å²) in [7, 11) is -10.7. The van der Waals surface area contributed by atoms with Crippen molar-refractivity contribution < 1.29 is 66.6 Å². The molecule has 3 rings (SSSR count). The molecule has 0 aliphatic carbocycles. The lowest BCUT2D eigenvalue weighted by Crippen LogP contribution is -2.56. The van der Waals surface area contributed by atoms with Gasteiger partial charge in [-0.25, -0.2) is 18.3 Å². The highest BCUT2D eigenvalue weighted by atomic mass is 31.3. The second-order valence-corrected chi connectivity index (χ2v) is 11.0. The first-order valence-corrected chi connectivity index (χ1v) is 13.3. The first-order valence-electron chi connectivity index (χ1n) is 10.3. The fourth-order valence-electron chi connectivity index (χ4n) is 3.49. The van der Waals surface area contributed by atoms with Gasteiger partial charge in [0, 0.05) is 12.3 Å². The Morgan fingerprint density at radius 3 is 2.06 bits per heavy atom. The van der Waals surface area contributed by atoms with E-state index in [0.717, 1.165) is 16.8 Å². The van der Waals surface area contributed by atoms with Crippen molar-refractivity contribution in [2.45, 2.75) is 62.1 Å². The Bertz CT molecular complexity index is 1130. The van der Waals surface area contributed by atoms with E-state index in [1.165, 1.54) is 6.92 Å². The molecular formula is C16H25FN2O15P2. The first-order chi connectivity index (χ1) is 16.6. The zero-order valence-electron chi connectivity index (χ0n) is 18.3. The number of phosphoric acid groups is 2. The predicted molar refractivity (Wildman–Crippen MR) is 111 cm³/mol. The first kappa shape index (κ1) is 29.2. The van der Waals surface area contributed by atoms with Gasteiger partial charge in [0.05, 0.1) is 19.3 Å². The lowest BCUT2D eigenvalue weighted by Gasteiger charge is -2.38. The van der Waals surface area contributed by atoms with Gasteiger partial charge in [-0.15, -0.1) is 0 Å². The van der Waals surface area contributed by atoms with Crippen LogP contribution in [0.25, 0.3) is 0 Å². The van der Waals surface area contributed by atoms with E-state index in [4.69, 9.17) is 9.47 Å². The van der Waals surface area contributed by atoms with E-state index in [0.29, 0.717) is 0 Å². The smallest absolute Gasteiger partial charge is 0.387 e. The third-order valence-corrected chi connectivity index (χ3v) is 7.97. The quantitative estimate of drug-likeness (QED) is 0.150. The Balaban J connectivity index is 1.56. The minimum Gasteiger partial charge on any atom is -0.387 e. The van der Waals surface area contributed by atoms with Gasteiger partial charge in [0.15, 0.2) is 12.4 Å². The van der Waals surface area contributed by atoms with Crippen molar-refractivity contribution >= 4 is 15.6 Å². The van der Waals surface area contributed by atoms with Crippen LogP contribution in [0.1, 0.15) is 13.2 Å². The van der Waals surface area contributed by atoms with Gasteiger partial charge in [-0.2, -0.15) is 4.31 Å². The molecule has 2 saturated heterocycles. The van der Waals surface area contributed by atoms with E-state index in [9.17, 15) is 53.3 Å². The summed E-state index contributed by atoms with van der Waals surface area (Å²) >= 11 is 0. The van der Waals surface area contributed by atoms with Crippen LogP contribution in [0.2, 0.25) is 0 Å². The van der Waals surface area contributed by atoms with E-state index in [1.54, 1.807) is 0 Å².